The Kier molecular flexibility index (Phi) is 2.48. The van der Waals surface area contributed by atoms with Crippen LogP contribution in [0, 0.1) is 0 Å². The summed E-state index contributed by atoms with van der Waals surface area (Å²) in [4.78, 5) is 15.0. The van der Waals surface area contributed by atoms with E-state index in [1.54, 1.807) is 13.3 Å². The van der Waals surface area contributed by atoms with Crippen LogP contribution in [0.5, 0.6) is 5.88 Å². The zero-order valence-corrected chi connectivity index (χ0v) is 11.1. The Hall–Kier alpha value is -1.62. The van der Waals surface area contributed by atoms with Crippen LogP contribution in [0.3, 0.4) is 0 Å². The summed E-state index contributed by atoms with van der Waals surface area (Å²) in [6, 6.07) is 0.849. The van der Waals surface area contributed by atoms with Gasteiger partial charge in [0.15, 0.2) is 5.65 Å². The average Bonchev–Trinajstić information content (AvgIpc) is 3.23. The Bertz CT molecular complexity index is 617. The number of aromatic amines is 1. The van der Waals surface area contributed by atoms with Crippen molar-refractivity contribution in [3.05, 3.63) is 17.5 Å². The molecule has 0 amide bonds. The molecule has 0 bridgehead atoms. The van der Waals surface area contributed by atoms with E-state index in [0.717, 1.165) is 43.1 Å². The lowest BCUT2D eigenvalue weighted by Gasteiger charge is -2.18. The first kappa shape index (κ1) is 11.2. The molecule has 1 aliphatic heterocycles. The van der Waals surface area contributed by atoms with E-state index in [4.69, 9.17) is 4.74 Å². The molecule has 1 aliphatic carbocycles. The first-order valence-electron chi connectivity index (χ1n) is 6.99. The largest absolute Gasteiger partial charge is 0.480 e. The molecule has 4 rings (SSSR count). The molecule has 100 valence electrons. The van der Waals surface area contributed by atoms with Gasteiger partial charge in [-0.3, -0.25) is 4.90 Å². The number of aromatic nitrogens is 3. The first-order valence-corrected chi connectivity index (χ1v) is 6.99. The smallest absolute Gasteiger partial charge is 0.234 e. The summed E-state index contributed by atoms with van der Waals surface area (Å²) in [6.45, 7) is 2.31. The lowest BCUT2D eigenvalue weighted by molar-refractivity contribution is 0.277. The van der Waals surface area contributed by atoms with Crippen molar-refractivity contribution >= 4 is 11.2 Å². The van der Waals surface area contributed by atoms with Gasteiger partial charge < -0.3 is 9.72 Å². The maximum atomic E-state index is 5.13. The highest BCUT2D eigenvalue weighted by Gasteiger charge is 2.30. The van der Waals surface area contributed by atoms with Crippen molar-refractivity contribution in [3.8, 4) is 5.88 Å². The van der Waals surface area contributed by atoms with Gasteiger partial charge in [0.25, 0.3) is 0 Å². The molecule has 1 saturated carbocycles. The van der Waals surface area contributed by atoms with Crippen LogP contribution in [0.2, 0.25) is 0 Å². The summed E-state index contributed by atoms with van der Waals surface area (Å²) in [6.07, 6.45) is 6.62. The predicted octanol–water partition coefficient (Wildman–Crippen LogP) is 1.53. The van der Waals surface area contributed by atoms with Gasteiger partial charge in [-0.1, -0.05) is 0 Å². The normalized spacial score (nSPS) is 20.3. The zero-order chi connectivity index (χ0) is 12.8. The molecule has 1 fully saturated rings. The third kappa shape index (κ3) is 1.89. The third-order valence-corrected chi connectivity index (χ3v) is 4.24. The third-order valence-electron chi connectivity index (χ3n) is 4.24. The van der Waals surface area contributed by atoms with E-state index in [-0.39, 0.29) is 0 Å². The van der Waals surface area contributed by atoms with Crippen LogP contribution in [0.25, 0.3) is 11.2 Å². The van der Waals surface area contributed by atoms with Crippen molar-refractivity contribution in [1.29, 1.82) is 0 Å². The van der Waals surface area contributed by atoms with Crippen molar-refractivity contribution in [1.82, 2.24) is 19.9 Å². The fourth-order valence-corrected chi connectivity index (χ4v) is 3.05. The number of fused-ring (bicyclic) bond motifs is 3. The lowest BCUT2D eigenvalue weighted by Crippen LogP contribution is -2.28. The fourth-order valence-electron chi connectivity index (χ4n) is 3.05. The van der Waals surface area contributed by atoms with Crippen LogP contribution in [0.1, 0.15) is 24.1 Å². The molecule has 0 aromatic carbocycles. The minimum absolute atomic E-state index is 0.573. The molecule has 0 spiro atoms. The summed E-state index contributed by atoms with van der Waals surface area (Å²) in [5.41, 5.74) is 4.55. The first-order chi connectivity index (χ1) is 9.35. The van der Waals surface area contributed by atoms with Crippen molar-refractivity contribution in [2.45, 2.75) is 31.7 Å². The van der Waals surface area contributed by atoms with Gasteiger partial charge in [0.05, 0.1) is 13.3 Å². The molecular weight excluding hydrogens is 240 g/mol. The molecular formula is C14H18N4O. The molecule has 0 unspecified atom stereocenters. The quantitative estimate of drug-likeness (QED) is 0.887. The second kappa shape index (κ2) is 4.20. The van der Waals surface area contributed by atoms with Crippen molar-refractivity contribution in [2.75, 3.05) is 20.2 Å². The second-order valence-electron chi connectivity index (χ2n) is 5.46. The standard InChI is InChI=1S/C14H18N4O/c1-19-12-8-15-13-10-4-6-18(9-2-3-9)7-5-11(10)16-14(13)17-12/h8-9H,2-7H2,1H3,(H,16,17). The zero-order valence-electron chi connectivity index (χ0n) is 11.1. The molecule has 0 radical (unpaired) electrons. The fraction of sp³-hybridized carbons (Fsp3) is 0.571. The van der Waals surface area contributed by atoms with E-state index < -0.39 is 0 Å². The predicted molar refractivity (Wildman–Crippen MR) is 72.4 cm³/mol. The van der Waals surface area contributed by atoms with Crippen LogP contribution in [0.15, 0.2) is 6.20 Å². The summed E-state index contributed by atoms with van der Waals surface area (Å²) in [7, 11) is 1.62. The molecule has 19 heavy (non-hydrogen) atoms. The summed E-state index contributed by atoms with van der Waals surface area (Å²) in [5.74, 6) is 0.573. The highest BCUT2D eigenvalue weighted by atomic mass is 16.5. The summed E-state index contributed by atoms with van der Waals surface area (Å²) in [5, 5.41) is 0. The molecule has 1 N–H and O–H groups in total. The van der Waals surface area contributed by atoms with Crippen LogP contribution >= 0.6 is 0 Å². The van der Waals surface area contributed by atoms with Gasteiger partial charge in [-0.25, -0.2) is 4.98 Å². The Balaban J connectivity index is 1.70. The van der Waals surface area contributed by atoms with E-state index in [1.807, 2.05) is 0 Å². The van der Waals surface area contributed by atoms with Gasteiger partial charge in [-0.2, -0.15) is 4.98 Å². The van der Waals surface area contributed by atoms with Gasteiger partial charge in [-0.05, 0) is 19.3 Å². The molecule has 5 heteroatoms. The van der Waals surface area contributed by atoms with Crippen molar-refractivity contribution in [3.63, 3.8) is 0 Å². The maximum absolute atomic E-state index is 5.13. The minimum atomic E-state index is 0.573. The number of rotatable bonds is 2. The molecule has 2 aromatic rings. The Morgan fingerprint density at radius 1 is 1.32 bits per heavy atom. The number of hydrogen-bond donors (Lipinski definition) is 1. The summed E-state index contributed by atoms with van der Waals surface area (Å²) >= 11 is 0. The number of nitrogens with one attached hydrogen (secondary N) is 1. The SMILES string of the molecule is COc1cnc2c3c([nH]c2n1)CCN(C1CC1)CC3. The van der Waals surface area contributed by atoms with Gasteiger partial charge in [0.1, 0.15) is 5.52 Å². The van der Waals surface area contributed by atoms with Crippen LogP contribution in [-0.2, 0) is 12.8 Å². The van der Waals surface area contributed by atoms with Gasteiger partial charge >= 0.3 is 0 Å². The van der Waals surface area contributed by atoms with Crippen LogP contribution < -0.4 is 4.74 Å². The lowest BCUT2D eigenvalue weighted by atomic mass is 10.1. The monoisotopic (exact) mass is 258 g/mol. The van der Waals surface area contributed by atoms with E-state index in [1.165, 1.54) is 24.1 Å². The second-order valence-corrected chi connectivity index (χ2v) is 5.46. The Labute approximate surface area is 112 Å². The van der Waals surface area contributed by atoms with E-state index in [0.29, 0.717) is 5.88 Å². The Morgan fingerprint density at radius 3 is 2.95 bits per heavy atom. The molecule has 2 aromatic heterocycles. The highest BCUT2D eigenvalue weighted by molar-refractivity contribution is 5.77. The van der Waals surface area contributed by atoms with Crippen LogP contribution in [0.4, 0.5) is 0 Å². The number of H-pyrrole nitrogens is 1. The minimum Gasteiger partial charge on any atom is -0.480 e. The molecule has 5 nitrogen and oxygen atoms in total. The average molecular weight is 258 g/mol. The van der Waals surface area contributed by atoms with Gasteiger partial charge in [-0.15, -0.1) is 0 Å². The van der Waals surface area contributed by atoms with Gasteiger partial charge in [0, 0.05) is 36.8 Å². The van der Waals surface area contributed by atoms with Crippen molar-refractivity contribution in [2.24, 2.45) is 0 Å². The number of hydrogen-bond acceptors (Lipinski definition) is 4. The molecule has 0 atom stereocenters. The van der Waals surface area contributed by atoms with E-state index in [9.17, 15) is 0 Å². The topological polar surface area (TPSA) is 54.0 Å². The van der Waals surface area contributed by atoms with E-state index >= 15 is 0 Å². The number of methoxy groups -OCH3 is 1. The van der Waals surface area contributed by atoms with Crippen LogP contribution in [-0.4, -0.2) is 46.1 Å². The van der Waals surface area contributed by atoms with Gasteiger partial charge in [0.2, 0.25) is 5.88 Å². The van der Waals surface area contributed by atoms with E-state index in [2.05, 4.69) is 19.9 Å². The summed E-state index contributed by atoms with van der Waals surface area (Å²) < 4.78 is 5.13. The molecule has 3 heterocycles. The Morgan fingerprint density at radius 2 is 2.16 bits per heavy atom. The number of nitrogens with zero attached hydrogens (tertiary/aromatic N) is 3. The van der Waals surface area contributed by atoms with Crippen molar-refractivity contribution < 1.29 is 4.74 Å². The maximum Gasteiger partial charge on any atom is 0.234 e. The molecule has 0 saturated heterocycles. The highest BCUT2D eigenvalue weighted by Crippen LogP contribution is 2.30. The molecule has 2 aliphatic rings. The number of ether oxygens (including phenoxy) is 1.